The second-order valence-corrected chi connectivity index (χ2v) is 10.0. The number of rotatable bonds is 14. The van der Waals surface area contributed by atoms with Crippen molar-refractivity contribution in [3.05, 3.63) is 102 Å². The molecule has 2 aromatic rings. The molecule has 188 valence electrons. The summed E-state index contributed by atoms with van der Waals surface area (Å²) in [6, 6.07) is 14.4. The molecule has 0 amide bonds. The number of ketones is 1. The van der Waals surface area contributed by atoms with Crippen molar-refractivity contribution in [2.75, 3.05) is 6.61 Å². The molecule has 2 aromatic carbocycles. The van der Waals surface area contributed by atoms with Gasteiger partial charge in [0.1, 0.15) is 5.75 Å². The molecule has 0 heterocycles. The van der Waals surface area contributed by atoms with Crippen LogP contribution in [0.2, 0.25) is 0 Å². The fourth-order valence-corrected chi connectivity index (χ4v) is 4.63. The monoisotopic (exact) mass is 472 g/mol. The Morgan fingerprint density at radius 2 is 1.77 bits per heavy atom. The van der Waals surface area contributed by atoms with E-state index in [0.717, 1.165) is 43.4 Å². The van der Waals surface area contributed by atoms with Gasteiger partial charge in [-0.15, -0.1) is 0 Å². The van der Waals surface area contributed by atoms with E-state index >= 15 is 0 Å². The Kier molecular flexibility index (Phi) is 10.3. The number of carbonyl (C=O) groups is 1. The average molecular weight is 473 g/mol. The highest BCUT2D eigenvalue weighted by Gasteiger charge is 2.29. The largest absolute Gasteiger partial charge is 0.494 e. The molecule has 0 spiro atoms. The number of hydrogen-bond donors (Lipinski definition) is 0. The lowest BCUT2D eigenvalue weighted by atomic mass is 9.71. The molecule has 1 unspecified atom stereocenters. The molecule has 0 aliphatic heterocycles. The first-order chi connectivity index (χ1) is 16.6. The molecule has 0 aromatic heterocycles. The molecule has 35 heavy (non-hydrogen) atoms. The van der Waals surface area contributed by atoms with Gasteiger partial charge in [-0.1, -0.05) is 82.0 Å². The normalized spacial score (nSPS) is 13.4. The Balaban J connectivity index is 2.20. The molecule has 0 radical (unpaired) electrons. The predicted molar refractivity (Wildman–Crippen MR) is 151 cm³/mol. The van der Waals surface area contributed by atoms with E-state index in [-0.39, 0.29) is 16.6 Å². The van der Waals surface area contributed by atoms with Crippen LogP contribution in [0, 0.1) is 0 Å². The van der Waals surface area contributed by atoms with E-state index in [2.05, 4.69) is 85.1 Å². The standard InChI is InChI=1S/C33H44O2/c1-9-21-33(8,25(5)6)28-19-20-30(32(7,11-3)12-4)26(23-28)16-13-14-22-35-29-18-15-17-27(24-29)31(34)10-2/h9-10,15,17-21,23-24H,2,5,11-14,16,22H2,1,3-4,6-8H3. The highest BCUT2D eigenvalue weighted by molar-refractivity contribution is 6.04. The summed E-state index contributed by atoms with van der Waals surface area (Å²) in [5.41, 5.74) is 5.96. The van der Waals surface area contributed by atoms with Crippen molar-refractivity contribution in [3.8, 4) is 5.75 Å². The predicted octanol–water partition coefficient (Wildman–Crippen LogP) is 8.94. The van der Waals surface area contributed by atoms with Gasteiger partial charge in [0.05, 0.1) is 6.61 Å². The first-order valence-corrected chi connectivity index (χ1v) is 13.0. The Labute approximate surface area is 213 Å². The van der Waals surface area contributed by atoms with Crippen LogP contribution in [-0.2, 0) is 17.3 Å². The van der Waals surface area contributed by atoms with Crippen LogP contribution in [0.15, 0.2) is 79.4 Å². The van der Waals surface area contributed by atoms with E-state index in [0.29, 0.717) is 12.2 Å². The molecule has 2 rings (SSSR count). The SMILES string of the molecule is C=CC(=O)c1cccc(OCCCCc2cc(C(C)(C=CC)C(=C)C)ccc2C(C)(CC)CC)c1. The third-order valence-electron chi connectivity index (χ3n) is 7.72. The molecule has 2 heteroatoms. The number of hydrogen-bond acceptors (Lipinski definition) is 2. The highest BCUT2D eigenvalue weighted by Crippen LogP contribution is 2.39. The van der Waals surface area contributed by atoms with E-state index in [1.54, 1.807) is 12.1 Å². The Hall–Kier alpha value is -2.87. The van der Waals surface area contributed by atoms with Gasteiger partial charge in [-0.2, -0.15) is 0 Å². The van der Waals surface area contributed by atoms with Gasteiger partial charge < -0.3 is 4.74 Å². The minimum Gasteiger partial charge on any atom is -0.494 e. The zero-order valence-electron chi connectivity index (χ0n) is 22.7. The first kappa shape index (κ1) is 28.4. The molecule has 0 aliphatic rings. The third-order valence-corrected chi connectivity index (χ3v) is 7.72. The van der Waals surface area contributed by atoms with Crippen LogP contribution >= 0.6 is 0 Å². The van der Waals surface area contributed by atoms with Gasteiger partial charge in [-0.05, 0) is 93.2 Å². The summed E-state index contributed by atoms with van der Waals surface area (Å²) in [5, 5.41) is 0. The maximum Gasteiger partial charge on any atom is 0.185 e. The second-order valence-electron chi connectivity index (χ2n) is 10.0. The van der Waals surface area contributed by atoms with Crippen LogP contribution in [0.4, 0.5) is 0 Å². The van der Waals surface area contributed by atoms with Crippen molar-refractivity contribution in [2.45, 2.75) is 84.5 Å². The van der Waals surface area contributed by atoms with Crippen LogP contribution < -0.4 is 4.74 Å². The number of allylic oxidation sites excluding steroid dienone is 4. The lowest BCUT2D eigenvalue weighted by Gasteiger charge is -2.33. The Morgan fingerprint density at radius 3 is 2.37 bits per heavy atom. The van der Waals surface area contributed by atoms with Gasteiger partial charge in [-0.3, -0.25) is 4.79 Å². The summed E-state index contributed by atoms with van der Waals surface area (Å²) in [6.45, 7) is 21.9. The number of aryl methyl sites for hydroxylation is 1. The Morgan fingerprint density at radius 1 is 1.06 bits per heavy atom. The number of benzene rings is 2. The van der Waals surface area contributed by atoms with Gasteiger partial charge in [0, 0.05) is 11.0 Å². The van der Waals surface area contributed by atoms with Crippen LogP contribution in [0.1, 0.15) is 94.3 Å². The van der Waals surface area contributed by atoms with E-state index in [4.69, 9.17) is 4.74 Å². The fourth-order valence-electron chi connectivity index (χ4n) is 4.63. The molecule has 1 atom stereocenters. The topological polar surface area (TPSA) is 26.3 Å². The van der Waals surface area contributed by atoms with E-state index < -0.39 is 0 Å². The average Bonchev–Trinajstić information content (AvgIpc) is 2.87. The van der Waals surface area contributed by atoms with Crippen LogP contribution in [0.25, 0.3) is 0 Å². The zero-order chi connectivity index (χ0) is 26.1. The quantitative estimate of drug-likeness (QED) is 0.119. The summed E-state index contributed by atoms with van der Waals surface area (Å²) in [7, 11) is 0. The molecule has 0 saturated heterocycles. The summed E-state index contributed by atoms with van der Waals surface area (Å²) in [4.78, 5) is 11.9. The maximum absolute atomic E-state index is 11.9. The lowest BCUT2D eigenvalue weighted by molar-refractivity contribution is 0.104. The van der Waals surface area contributed by atoms with Gasteiger partial charge in [-0.25, -0.2) is 0 Å². The third kappa shape index (κ3) is 6.84. The summed E-state index contributed by atoms with van der Waals surface area (Å²) < 4.78 is 5.95. The summed E-state index contributed by atoms with van der Waals surface area (Å²) in [5.74, 6) is 0.644. The van der Waals surface area contributed by atoms with Crippen LogP contribution in [0.3, 0.4) is 0 Å². The minimum atomic E-state index is -0.173. The molecule has 0 fully saturated rings. The summed E-state index contributed by atoms with van der Waals surface area (Å²) in [6.07, 6.45) is 10.9. The molecule has 0 bridgehead atoms. The van der Waals surface area contributed by atoms with Crippen LogP contribution in [0.5, 0.6) is 5.75 Å². The highest BCUT2D eigenvalue weighted by atomic mass is 16.5. The van der Waals surface area contributed by atoms with E-state index in [9.17, 15) is 4.79 Å². The smallest absolute Gasteiger partial charge is 0.185 e. The van der Waals surface area contributed by atoms with E-state index in [1.165, 1.54) is 22.8 Å². The Bertz CT molecular complexity index is 1050. The van der Waals surface area contributed by atoms with Crippen molar-refractivity contribution >= 4 is 5.78 Å². The van der Waals surface area contributed by atoms with Crippen molar-refractivity contribution in [3.63, 3.8) is 0 Å². The molecule has 2 nitrogen and oxygen atoms in total. The van der Waals surface area contributed by atoms with Crippen molar-refractivity contribution in [2.24, 2.45) is 0 Å². The molecular weight excluding hydrogens is 428 g/mol. The molecular formula is C33H44O2. The van der Waals surface area contributed by atoms with Crippen molar-refractivity contribution in [1.82, 2.24) is 0 Å². The van der Waals surface area contributed by atoms with Gasteiger partial charge in [0.2, 0.25) is 0 Å². The first-order valence-electron chi connectivity index (χ1n) is 13.0. The number of unbranched alkanes of at least 4 members (excludes halogenated alkanes) is 1. The van der Waals surface area contributed by atoms with Crippen molar-refractivity contribution < 1.29 is 9.53 Å². The molecule has 0 aliphatic carbocycles. The maximum atomic E-state index is 11.9. The fraction of sp³-hybridized carbons (Fsp3) is 0.424. The van der Waals surface area contributed by atoms with Crippen LogP contribution in [-0.4, -0.2) is 12.4 Å². The number of ether oxygens (including phenoxy) is 1. The lowest BCUT2D eigenvalue weighted by Crippen LogP contribution is -2.24. The number of carbonyl (C=O) groups excluding carboxylic acids is 1. The van der Waals surface area contributed by atoms with Gasteiger partial charge >= 0.3 is 0 Å². The van der Waals surface area contributed by atoms with Gasteiger partial charge in [0.25, 0.3) is 0 Å². The molecule has 0 N–H and O–H groups in total. The second kappa shape index (κ2) is 12.7. The van der Waals surface area contributed by atoms with Crippen molar-refractivity contribution in [1.29, 1.82) is 0 Å². The zero-order valence-corrected chi connectivity index (χ0v) is 22.7. The minimum absolute atomic E-state index is 0.0857. The molecule has 0 saturated carbocycles. The van der Waals surface area contributed by atoms with E-state index in [1.807, 2.05) is 12.1 Å². The van der Waals surface area contributed by atoms with Gasteiger partial charge in [0.15, 0.2) is 5.78 Å². The summed E-state index contributed by atoms with van der Waals surface area (Å²) >= 11 is 0.